The standard InChI is InChI=1S/C19H21FN4O/c1-12(2)24-18-15(10-21-24)9-17(13(3)22-18)19(25)23(4)11-14-5-7-16(20)8-6-14/h5-10,12H,11H2,1-4H3. The molecule has 1 amide bonds. The number of fused-ring (bicyclic) bond motifs is 1. The van der Waals surface area contributed by atoms with Gasteiger partial charge in [-0.1, -0.05) is 12.1 Å². The number of amides is 1. The third-order valence-electron chi connectivity index (χ3n) is 4.16. The van der Waals surface area contributed by atoms with Crippen LogP contribution in [0.2, 0.25) is 0 Å². The molecule has 0 saturated heterocycles. The molecule has 5 nitrogen and oxygen atoms in total. The molecule has 0 fully saturated rings. The van der Waals surface area contributed by atoms with Crippen LogP contribution >= 0.6 is 0 Å². The largest absolute Gasteiger partial charge is 0.337 e. The predicted octanol–water partition coefficient (Wildman–Crippen LogP) is 3.73. The van der Waals surface area contributed by atoms with Crippen LogP contribution in [0, 0.1) is 12.7 Å². The van der Waals surface area contributed by atoms with Crippen LogP contribution in [-0.4, -0.2) is 32.6 Å². The molecule has 2 heterocycles. The second-order valence-corrected chi connectivity index (χ2v) is 6.50. The molecule has 0 spiro atoms. The summed E-state index contributed by atoms with van der Waals surface area (Å²) in [4.78, 5) is 19.0. The van der Waals surface area contributed by atoms with Crippen LogP contribution in [0.25, 0.3) is 11.0 Å². The Bertz CT molecular complexity index is 915. The van der Waals surface area contributed by atoms with Crippen LogP contribution in [0.1, 0.15) is 41.5 Å². The van der Waals surface area contributed by atoms with Crippen LogP contribution in [0.5, 0.6) is 0 Å². The summed E-state index contributed by atoms with van der Waals surface area (Å²) in [6, 6.07) is 8.19. The summed E-state index contributed by atoms with van der Waals surface area (Å²) in [6.45, 7) is 6.32. The first-order valence-electron chi connectivity index (χ1n) is 8.21. The van der Waals surface area contributed by atoms with Gasteiger partial charge in [-0.05, 0) is 44.5 Å². The number of benzene rings is 1. The Hall–Kier alpha value is -2.76. The zero-order chi connectivity index (χ0) is 18.1. The van der Waals surface area contributed by atoms with Crippen molar-refractivity contribution in [2.24, 2.45) is 0 Å². The summed E-state index contributed by atoms with van der Waals surface area (Å²) in [7, 11) is 1.73. The fraction of sp³-hybridized carbons (Fsp3) is 0.316. The normalized spacial score (nSPS) is 11.3. The van der Waals surface area contributed by atoms with E-state index in [4.69, 9.17) is 0 Å². The minimum atomic E-state index is -0.287. The summed E-state index contributed by atoms with van der Waals surface area (Å²) in [5, 5.41) is 5.20. The molecule has 0 aliphatic rings. The number of aryl methyl sites for hydroxylation is 1. The van der Waals surface area contributed by atoms with Crippen molar-refractivity contribution in [1.82, 2.24) is 19.7 Å². The van der Waals surface area contributed by atoms with Gasteiger partial charge in [-0.15, -0.1) is 0 Å². The lowest BCUT2D eigenvalue weighted by Gasteiger charge is -2.18. The van der Waals surface area contributed by atoms with Gasteiger partial charge in [0, 0.05) is 25.0 Å². The van der Waals surface area contributed by atoms with Gasteiger partial charge in [0.05, 0.1) is 17.5 Å². The van der Waals surface area contributed by atoms with E-state index in [1.807, 2.05) is 31.5 Å². The average molecular weight is 340 g/mol. The molecule has 3 rings (SSSR count). The minimum Gasteiger partial charge on any atom is -0.337 e. The van der Waals surface area contributed by atoms with Gasteiger partial charge in [-0.25, -0.2) is 14.1 Å². The van der Waals surface area contributed by atoms with E-state index in [9.17, 15) is 9.18 Å². The van der Waals surface area contributed by atoms with Gasteiger partial charge in [0.1, 0.15) is 5.82 Å². The number of nitrogens with zero attached hydrogens (tertiary/aromatic N) is 4. The van der Waals surface area contributed by atoms with Crippen molar-refractivity contribution in [1.29, 1.82) is 0 Å². The van der Waals surface area contributed by atoms with E-state index in [0.29, 0.717) is 17.8 Å². The van der Waals surface area contributed by atoms with E-state index in [2.05, 4.69) is 10.1 Å². The van der Waals surface area contributed by atoms with E-state index in [-0.39, 0.29) is 17.8 Å². The fourth-order valence-corrected chi connectivity index (χ4v) is 2.80. The molecule has 3 aromatic rings. The van der Waals surface area contributed by atoms with Gasteiger partial charge in [0.25, 0.3) is 5.91 Å². The third kappa shape index (κ3) is 3.38. The Balaban J connectivity index is 1.88. The van der Waals surface area contributed by atoms with Crippen molar-refractivity contribution in [3.05, 3.63) is 59.2 Å². The Kier molecular flexibility index (Phi) is 4.53. The molecule has 1 aromatic carbocycles. The number of hydrogen-bond acceptors (Lipinski definition) is 3. The summed E-state index contributed by atoms with van der Waals surface area (Å²) >= 11 is 0. The Morgan fingerprint density at radius 1 is 1.28 bits per heavy atom. The lowest BCUT2D eigenvalue weighted by atomic mass is 10.1. The number of aromatic nitrogens is 3. The van der Waals surface area contributed by atoms with Gasteiger partial charge in [-0.2, -0.15) is 5.10 Å². The maximum absolute atomic E-state index is 13.0. The van der Waals surface area contributed by atoms with Crippen molar-refractivity contribution >= 4 is 16.9 Å². The monoisotopic (exact) mass is 340 g/mol. The molecule has 0 aliphatic heterocycles. The number of hydrogen-bond donors (Lipinski definition) is 0. The van der Waals surface area contributed by atoms with Crippen molar-refractivity contribution in [3.63, 3.8) is 0 Å². The SMILES string of the molecule is Cc1nc2c(cnn2C(C)C)cc1C(=O)N(C)Cc1ccc(F)cc1. The van der Waals surface area contributed by atoms with Gasteiger partial charge >= 0.3 is 0 Å². The van der Waals surface area contributed by atoms with Crippen molar-refractivity contribution in [2.75, 3.05) is 7.05 Å². The fourth-order valence-electron chi connectivity index (χ4n) is 2.80. The third-order valence-corrected chi connectivity index (χ3v) is 4.16. The van der Waals surface area contributed by atoms with Gasteiger partial charge < -0.3 is 4.90 Å². The molecule has 0 N–H and O–H groups in total. The molecule has 0 unspecified atom stereocenters. The summed E-state index contributed by atoms with van der Waals surface area (Å²) < 4.78 is 14.9. The van der Waals surface area contributed by atoms with Crippen molar-refractivity contribution in [2.45, 2.75) is 33.4 Å². The number of carbonyl (C=O) groups is 1. The second-order valence-electron chi connectivity index (χ2n) is 6.50. The van der Waals surface area contributed by atoms with E-state index >= 15 is 0 Å². The van der Waals surface area contributed by atoms with Crippen molar-refractivity contribution < 1.29 is 9.18 Å². The number of halogens is 1. The molecule has 6 heteroatoms. The molecular weight excluding hydrogens is 319 g/mol. The quantitative estimate of drug-likeness (QED) is 0.727. The zero-order valence-corrected chi connectivity index (χ0v) is 14.8. The summed E-state index contributed by atoms with van der Waals surface area (Å²) in [5.74, 6) is -0.404. The van der Waals surface area contributed by atoms with Crippen molar-refractivity contribution in [3.8, 4) is 0 Å². The smallest absolute Gasteiger partial charge is 0.255 e. The molecule has 0 radical (unpaired) electrons. The van der Waals surface area contributed by atoms with Crippen LogP contribution in [0.3, 0.4) is 0 Å². The topological polar surface area (TPSA) is 51.0 Å². The van der Waals surface area contributed by atoms with E-state index in [0.717, 1.165) is 16.6 Å². The van der Waals surface area contributed by atoms with Gasteiger partial charge in [0.15, 0.2) is 5.65 Å². The maximum atomic E-state index is 13.0. The molecular formula is C19H21FN4O. The van der Waals surface area contributed by atoms with Gasteiger partial charge in [0.2, 0.25) is 0 Å². The highest BCUT2D eigenvalue weighted by molar-refractivity contribution is 5.98. The first-order valence-corrected chi connectivity index (χ1v) is 8.21. The average Bonchev–Trinajstić information content (AvgIpc) is 2.98. The molecule has 130 valence electrons. The molecule has 0 bridgehead atoms. The zero-order valence-electron chi connectivity index (χ0n) is 14.8. The lowest BCUT2D eigenvalue weighted by molar-refractivity contribution is 0.0784. The molecule has 2 aromatic heterocycles. The van der Waals surface area contributed by atoms with Crippen LogP contribution < -0.4 is 0 Å². The predicted molar refractivity (Wildman–Crippen MR) is 94.8 cm³/mol. The van der Waals surface area contributed by atoms with Crippen LogP contribution in [-0.2, 0) is 6.54 Å². The molecule has 25 heavy (non-hydrogen) atoms. The molecule has 0 aliphatic carbocycles. The highest BCUT2D eigenvalue weighted by Gasteiger charge is 2.18. The minimum absolute atomic E-state index is 0.117. The Morgan fingerprint density at radius 3 is 2.60 bits per heavy atom. The Morgan fingerprint density at radius 2 is 1.96 bits per heavy atom. The second kappa shape index (κ2) is 6.63. The van der Waals surface area contributed by atoms with E-state index in [1.54, 1.807) is 30.3 Å². The summed E-state index contributed by atoms with van der Waals surface area (Å²) in [6.07, 6.45) is 1.73. The van der Waals surface area contributed by atoms with Gasteiger partial charge in [-0.3, -0.25) is 4.79 Å². The number of pyridine rings is 1. The first kappa shape index (κ1) is 17.1. The first-order chi connectivity index (χ1) is 11.9. The number of carbonyl (C=O) groups excluding carboxylic acids is 1. The van der Waals surface area contributed by atoms with Crippen LogP contribution in [0.15, 0.2) is 36.5 Å². The summed E-state index contributed by atoms with van der Waals surface area (Å²) in [5.41, 5.74) is 2.88. The van der Waals surface area contributed by atoms with E-state index in [1.165, 1.54) is 12.1 Å². The highest BCUT2D eigenvalue weighted by atomic mass is 19.1. The highest BCUT2D eigenvalue weighted by Crippen LogP contribution is 2.20. The Labute approximate surface area is 146 Å². The van der Waals surface area contributed by atoms with Crippen LogP contribution in [0.4, 0.5) is 4.39 Å². The molecule has 0 saturated carbocycles. The number of rotatable bonds is 4. The lowest BCUT2D eigenvalue weighted by Crippen LogP contribution is -2.27. The van der Waals surface area contributed by atoms with E-state index < -0.39 is 0 Å². The molecule has 0 atom stereocenters. The maximum Gasteiger partial charge on any atom is 0.255 e.